The molecule has 1 saturated heterocycles. The fraction of sp³-hybridized carbons (Fsp3) is 0.262. The molecular formula is C65H62N5O10P. The number of aliphatic hydroxyl groups excluding tert-OH is 1. The highest BCUT2D eigenvalue weighted by Gasteiger charge is 2.59. The van der Waals surface area contributed by atoms with Crippen LogP contribution in [0.25, 0.3) is 32.3 Å². The highest BCUT2D eigenvalue weighted by Crippen LogP contribution is 2.54. The maximum Gasteiger partial charge on any atom is 0.407 e. The minimum atomic E-state index is -2.14. The van der Waals surface area contributed by atoms with Crippen molar-refractivity contribution in [2.75, 3.05) is 20.8 Å². The minimum Gasteiger partial charge on any atom is -0.497 e. The Labute approximate surface area is 470 Å². The topological polar surface area (TPSA) is 187 Å². The Kier molecular flexibility index (Phi) is 17.0. The fourth-order valence-electron chi connectivity index (χ4n) is 11.1. The Balaban J connectivity index is 1.02. The van der Waals surface area contributed by atoms with Gasteiger partial charge in [-0.3, -0.25) is 14.3 Å². The molecule has 9 aromatic rings. The van der Waals surface area contributed by atoms with Crippen molar-refractivity contribution in [1.29, 1.82) is 5.26 Å². The van der Waals surface area contributed by atoms with Crippen molar-refractivity contribution in [3.05, 3.63) is 224 Å². The third kappa shape index (κ3) is 11.4. The van der Waals surface area contributed by atoms with Crippen LogP contribution in [-0.2, 0) is 30.5 Å². The van der Waals surface area contributed by atoms with Gasteiger partial charge in [-0.2, -0.15) is 5.26 Å². The smallest absolute Gasteiger partial charge is 0.407 e. The largest absolute Gasteiger partial charge is 0.497 e. The van der Waals surface area contributed by atoms with Gasteiger partial charge in [0.15, 0.2) is 12.3 Å². The number of amides is 1. The first kappa shape index (κ1) is 55.9. The van der Waals surface area contributed by atoms with Gasteiger partial charge in [0.1, 0.15) is 29.8 Å². The summed E-state index contributed by atoms with van der Waals surface area (Å²) in [4.78, 5) is 43.4. The van der Waals surface area contributed by atoms with E-state index in [1.165, 1.54) is 27.7 Å². The van der Waals surface area contributed by atoms with E-state index in [9.17, 15) is 24.8 Å². The van der Waals surface area contributed by atoms with Crippen LogP contribution in [0.3, 0.4) is 0 Å². The van der Waals surface area contributed by atoms with Gasteiger partial charge in [0.05, 0.1) is 38.7 Å². The number of rotatable bonds is 19. The predicted octanol–water partition coefficient (Wildman–Crippen LogP) is 11.1. The zero-order chi connectivity index (χ0) is 56.8. The summed E-state index contributed by atoms with van der Waals surface area (Å²) in [6.45, 7) is 7.94. The Morgan fingerprint density at radius 3 is 1.95 bits per heavy atom. The van der Waals surface area contributed by atoms with Gasteiger partial charge in [-0.15, -0.1) is 0 Å². The molecule has 16 heteroatoms. The second-order valence-electron chi connectivity index (χ2n) is 20.3. The zero-order valence-corrected chi connectivity index (χ0v) is 46.6. The monoisotopic (exact) mass is 1100 g/mol. The molecule has 1 aromatic heterocycles. The number of aliphatic hydroxyl groups is 1. The minimum absolute atomic E-state index is 0.0101. The Bertz CT molecular complexity index is 3800. The average Bonchev–Trinajstić information content (AvgIpc) is 3.86. The van der Waals surface area contributed by atoms with Crippen LogP contribution in [0.4, 0.5) is 4.79 Å². The Morgan fingerprint density at radius 1 is 0.741 bits per heavy atom. The fourth-order valence-corrected chi connectivity index (χ4v) is 12.9. The summed E-state index contributed by atoms with van der Waals surface area (Å²) in [5, 5.41) is 33.5. The van der Waals surface area contributed by atoms with E-state index in [1.54, 1.807) is 38.5 Å². The van der Waals surface area contributed by atoms with Gasteiger partial charge in [-0.1, -0.05) is 127 Å². The number of carbonyl (C=O) groups is 1. The number of nitriles is 1. The van der Waals surface area contributed by atoms with Crippen LogP contribution in [0.1, 0.15) is 73.7 Å². The van der Waals surface area contributed by atoms with Crippen LogP contribution >= 0.6 is 8.53 Å². The summed E-state index contributed by atoms with van der Waals surface area (Å²) in [5.41, 5.74) is 1.29. The molecule has 1 aliphatic rings. The summed E-state index contributed by atoms with van der Waals surface area (Å²) in [5.74, 6) is 7.87. The van der Waals surface area contributed by atoms with Gasteiger partial charge in [-0.25, -0.2) is 14.3 Å². The molecule has 6 atom stereocenters. The number of H-pyrrole nitrogens is 1. The number of ether oxygens (including phenoxy) is 4. The van der Waals surface area contributed by atoms with Crippen molar-refractivity contribution in [2.45, 2.75) is 88.8 Å². The highest BCUT2D eigenvalue weighted by atomic mass is 31.2. The lowest BCUT2D eigenvalue weighted by molar-refractivity contribution is -0.0978. The van der Waals surface area contributed by atoms with Gasteiger partial charge < -0.3 is 38.4 Å². The van der Waals surface area contributed by atoms with E-state index >= 15 is 0 Å². The van der Waals surface area contributed by atoms with Crippen molar-refractivity contribution in [3.63, 3.8) is 0 Å². The first-order valence-electron chi connectivity index (χ1n) is 26.8. The van der Waals surface area contributed by atoms with E-state index in [4.69, 9.17) is 28.0 Å². The standard InChI is InChI=1S/C65H62N5O10P/c1-41(2)70(42(3)4)81(77-39-11-37-66)80-58-59(61(72)65(49-14-8-7-9-15-49,50-27-31-52(75-5)32-28-50)51-29-33-53(76-6)34-30-51)78-62(69-38-36-55(71)68-63(69)73)60(58)79-64(74)67-40-44-18-16-43(17-19-44)20-21-45-22-23-48-25-24-46-12-10-13-47-26-35-54(45)57(48)56(46)47/h7-10,12-19,22-36,38,41-42,58-62,72H,11,39-40H2,1-6H3,(H,67,74)(H,68,71,73)/t58-,59+,60-,61?,62-,81?/m1/s1. The van der Waals surface area contributed by atoms with Crippen molar-refractivity contribution in [2.24, 2.45) is 0 Å². The summed E-state index contributed by atoms with van der Waals surface area (Å²) >= 11 is 0. The molecule has 0 spiro atoms. The zero-order valence-electron chi connectivity index (χ0n) is 45.7. The van der Waals surface area contributed by atoms with E-state index in [0.717, 1.165) is 38.1 Å². The molecule has 1 aliphatic heterocycles. The van der Waals surface area contributed by atoms with E-state index in [0.29, 0.717) is 28.2 Å². The van der Waals surface area contributed by atoms with Gasteiger partial charge in [0.25, 0.3) is 14.1 Å². The van der Waals surface area contributed by atoms with Gasteiger partial charge in [-0.05, 0) is 125 Å². The molecule has 10 rings (SSSR count). The maximum absolute atomic E-state index is 14.5. The van der Waals surface area contributed by atoms with Gasteiger partial charge in [0, 0.05) is 42.0 Å². The lowest BCUT2D eigenvalue weighted by atomic mass is 9.64. The summed E-state index contributed by atoms with van der Waals surface area (Å²) in [7, 11) is 0.999. The van der Waals surface area contributed by atoms with E-state index < -0.39 is 61.9 Å². The summed E-state index contributed by atoms with van der Waals surface area (Å²) in [6, 6.07) is 53.6. The Hall–Kier alpha value is -8.37. The maximum atomic E-state index is 14.5. The number of alkyl carbamates (subject to hydrolysis) is 1. The van der Waals surface area contributed by atoms with Crippen LogP contribution in [0, 0.1) is 23.2 Å². The summed E-state index contributed by atoms with van der Waals surface area (Å²) in [6.07, 6.45) is -7.09. The van der Waals surface area contributed by atoms with Crippen LogP contribution in [-0.4, -0.2) is 82.7 Å². The number of hydrogen-bond acceptors (Lipinski definition) is 12. The second kappa shape index (κ2) is 24.6. The molecule has 81 heavy (non-hydrogen) atoms. The number of carbonyl (C=O) groups excluding carboxylic acids is 1. The number of methoxy groups -OCH3 is 2. The van der Waals surface area contributed by atoms with E-state index in [1.807, 2.05) is 111 Å². The molecular weight excluding hydrogens is 1040 g/mol. The molecule has 0 bridgehead atoms. The van der Waals surface area contributed by atoms with Gasteiger partial charge >= 0.3 is 11.8 Å². The molecule has 0 aliphatic carbocycles. The first-order valence-corrected chi connectivity index (χ1v) is 27.9. The lowest BCUT2D eigenvalue weighted by Gasteiger charge is -2.44. The molecule has 412 valence electrons. The molecule has 2 unspecified atom stereocenters. The average molecular weight is 1100 g/mol. The van der Waals surface area contributed by atoms with Crippen LogP contribution in [0.2, 0.25) is 0 Å². The van der Waals surface area contributed by atoms with Crippen LogP contribution in [0.15, 0.2) is 180 Å². The third-order valence-corrected chi connectivity index (χ3v) is 16.9. The molecule has 0 saturated carbocycles. The van der Waals surface area contributed by atoms with Crippen molar-refractivity contribution < 1.29 is 37.9 Å². The van der Waals surface area contributed by atoms with Gasteiger partial charge in [0.2, 0.25) is 0 Å². The number of hydrogen-bond donors (Lipinski definition) is 3. The first-order chi connectivity index (χ1) is 39.3. The molecule has 0 radical (unpaired) electrons. The lowest BCUT2D eigenvalue weighted by Crippen LogP contribution is -2.53. The van der Waals surface area contributed by atoms with E-state index in [2.05, 4.69) is 82.8 Å². The second-order valence-corrected chi connectivity index (χ2v) is 21.7. The number of benzene rings is 8. The molecule has 1 fully saturated rings. The SMILES string of the molecule is COc1ccc(C(c2ccccc2)(c2ccc(OC)cc2)C(O)[C@H]2O[C@@H](n3ccc(=O)[nH]c3=O)[C@H](OC(=O)NCc3ccc(C#Cc4ccc5ccc6cccc7ccc4c5c67)cc3)[C@@H]2OP(OCCC#N)N(C(C)C)C(C)C)cc1. The number of aromatic nitrogens is 2. The molecule has 15 nitrogen and oxygen atoms in total. The Morgan fingerprint density at radius 2 is 1.35 bits per heavy atom. The highest BCUT2D eigenvalue weighted by molar-refractivity contribution is 7.44. The molecule has 8 aromatic carbocycles. The van der Waals surface area contributed by atoms with Crippen molar-refractivity contribution >= 4 is 46.9 Å². The molecule has 3 N–H and O–H groups in total. The van der Waals surface area contributed by atoms with Crippen LogP contribution < -0.4 is 26.0 Å². The van der Waals surface area contributed by atoms with Crippen LogP contribution in [0.5, 0.6) is 11.5 Å². The number of nitrogens with zero attached hydrogens (tertiary/aromatic N) is 3. The van der Waals surface area contributed by atoms with Crippen molar-refractivity contribution in [3.8, 4) is 29.4 Å². The predicted molar refractivity (Wildman–Crippen MR) is 313 cm³/mol. The summed E-state index contributed by atoms with van der Waals surface area (Å²) < 4.78 is 41.5. The number of nitrogens with one attached hydrogen (secondary N) is 2. The quantitative estimate of drug-likeness (QED) is 0.0229. The number of aromatic amines is 1. The normalized spacial score (nSPS) is 17.0. The van der Waals surface area contributed by atoms with E-state index in [-0.39, 0.29) is 31.7 Å². The molecule has 1 amide bonds. The van der Waals surface area contributed by atoms with Crippen molar-refractivity contribution in [1.82, 2.24) is 19.5 Å². The molecule has 2 heterocycles. The third-order valence-electron chi connectivity index (χ3n) is 14.8.